The highest BCUT2D eigenvalue weighted by Gasteiger charge is 2.27. The normalized spacial score (nSPS) is 16.9. The van der Waals surface area contributed by atoms with Gasteiger partial charge in [0, 0.05) is 43.1 Å². The van der Waals surface area contributed by atoms with Crippen LogP contribution in [0.3, 0.4) is 0 Å². The molecule has 2 aromatic rings. The van der Waals surface area contributed by atoms with Gasteiger partial charge in [0.15, 0.2) is 0 Å². The van der Waals surface area contributed by atoms with Crippen LogP contribution in [0.4, 0.5) is 0 Å². The topological polar surface area (TPSA) is 45.2 Å². The van der Waals surface area contributed by atoms with E-state index in [-0.39, 0.29) is 11.3 Å². The van der Waals surface area contributed by atoms with Crippen molar-refractivity contribution >= 4 is 5.91 Å². The number of likely N-dealkylation sites (tertiary alicyclic amines) is 1. The van der Waals surface area contributed by atoms with Crippen molar-refractivity contribution < 1.29 is 4.79 Å². The minimum atomic E-state index is 0.146. The maximum absolute atomic E-state index is 12.6. The number of rotatable bonds is 5. The smallest absolute Gasteiger partial charge is 0.253 e. The molecule has 4 heteroatoms. The molecule has 1 saturated heterocycles. The number of amides is 1. The Morgan fingerprint density at radius 3 is 2.44 bits per heavy atom. The van der Waals surface area contributed by atoms with E-state index in [1.165, 1.54) is 5.56 Å². The molecule has 2 heterocycles. The van der Waals surface area contributed by atoms with Gasteiger partial charge in [0.1, 0.15) is 0 Å². The molecule has 1 amide bonds. The second kappa shape index (κ2) is 8.66. The first-order chi connectivity index (χ1) is 12.9. The van der Waals surface area contributed by atoms with Crippen molar-refractivity contribution in [2.75, 3.05) is 13.1 Å². The number of pyridine rings is 1. The summed E-state index contributed by atoms with van der Waals surface area (Å²) in [6.45, 7) is 8.44. The SMILES string of the molecule is CC(C)(C)CC(NC1CCN(C(=O)c2ccccc2)CC1)c1cccnc1. The summed E-state index contributed by atoms with van der Waals surface area (Å²) < 4.78 is 0. The van der Waals surface area contributed by atoms with Gasteiger partial charge < -0.3 is 10.2 Å². The second-order valence-corrected chi connectivity index (χ2v) is 8.70. The molecule has 1 fully saturated rings. The number of carbonyl (C=O) groups excluding carboxylic acids is 1. The number of aromatic nitrogens is 1. The van der Waals surface area contributed by atoms with E-state index in [0.29, 0.717) is 12.1 Å². The number of nitrogens with one attached hydrogen (secondary N) is 1. The molecular formula is C23H31N3O. The van der Waals surface area contributed by atoms with Gasteiger partial charge in [-0.3, -0.25) is 9.78 Å². The highest BCUT2D eigenvalue weighted by molar-refractivity contribution is 5.94. The molecule has 0 spiro atoms. The predicted octanol–water partition coefficient (Wildman–Crippen LogP) is 4.45. The average molecular weight is 366 g/mol. The van der Waals surface area contributed by atoms with Crippen molar-refractivity contribution in [2.45, 2.75) is 52.1 Å². The molecule has 144 valence electrons. The van der Waals surface area contributed by atoms with Crippen LogP contribution in [-0.2, 0) is 0 Å². The van der Waals surface area contributed by atoms with Crippen molar-refractivity contribution in [1.82, 2.24) is 15.2 Å². The zero-order valence-corrected chi connectivity index (χ0v) is 16.7. The van der Waals surface area contributed by atoms with Crippen molar-refractivity contribution in [2.24, 2.45) is 5.41 Å². The van der Waals surface area contributed by atoms with Crippen LogP contribution in [0.15, 0.2) is 54.9 Å². The summed E-state index contributed by atoms with van der Waals surface area (Å²) >= 11 is 0. The third-order valence-corrected chi connectivity index (χ3v) is 5.14. The fourth-order valence-electron chi connectivity index (χ4n) is 3.76. The van der Waals surface area contributed by atoms with Crippen LogP contribution in [0.5, 0.6) is 0 Å². The quantitative estimate of drug-likeness (QED) is 0.851. The van der Waals surface area contributed by atoms with E-state index in [4.69, 9.17) is 0 Å². The van der Waals surface area contributed by atoms with E-state index in [1.807, 2.05) is 53.7 Å². The van der Waals surface area contributed by atoms with Crippen LogP contribution in [0.2, 0.25) is 0 Å². The van der Waals surface area contributed by atoms with Gasteiger partial charge in [-0.05, 0) is 48.4 Å². The standard InChI is InChI=1S/C23H31N3O/c1-23(2,3)16-21(19-10-7-13-24-17-19)25-20-11-14-26(15-12-20)22(27)18-8-5-4-6-9-18/h4-10,13,17,20-21,25H,11-12,14-16H2,1-3H3. The second-order valence-electron chi connectivity index (χ2n) is 8.70. The summed E-state index contributed by atoms with van der Waals surface area (Å²) in [7, 11) is 0. The van der Waals surface area contributed by atoms with Crippen molar-refractivity contribution in [3.63, 3.8) is 0 Å². The Morgan fingerprint density at radius 2 is 1.85 bits per heavy atom. The lowest BCUT2D eigenvalue weighted by Crippen LogP contribution is -2.46. The van der Waals surface area contributed by atoms with Crippen molar-refractivity contribution in [3.05, 3.63) is 66.0 Å². The molecule has 1 aromatic carbocycles. The molecular weight excluding hydrogens is 334 g/mol. The van der Waals surface area contributed by atoms with Gasteiger partial charge in [-0.15, -0.1) is 0 Å². The largest absolute Gasteiger partial charge is 0.339 e. The number of benzene rings is 1. The molecule has 1 unspecified atom stereocenters. The molecule has 0 saturated carbocycles. The van der Waals surface area contributed by atoms with E-state index in [2.05, 4.69) is 37.1 Å². The zero-order valence-electron chi connectivity index (χ0n) is 16.7. The summed E-state index contributed by atoms with van der Waals surface area (Å²) in [4.78, 5) is 18.9. The lowest BCUT2D eigenvalue weighted by atomic mass is 9.85. The van der Waals surface area contributed by atoms with Gasteiger partial charge >= 0.3 is 0 Å². The van der Waals surface area contributed by atoms with Crippen LogP contribution in [0.1, 0.15) is 62.0 Å². The molecule has 0 radical (unpaired) electrons. The van der Waals surface area contributed by atoms with Gasteiger partial charge in [-0.1, -0.05) is 45.0 Å². The van der Waals surface area contributed by atoms with Crippen LogP contribution in [0.25, 0.3) is 0 Å². The Morgan fingerprint density at radius 1 is 1.15 bits per heavy atom. The molecule has 1 atom stereocenters. The van der Waals surface area contributed by atoms with E-state index >= 15 is 0 Å². The van der Waals surface area contributed by atoms with E-state index in [1.54, 1.807) is 0 Å². The number of hydrogen-bond donors (Lipinski definition) is 1. The fraction of sp³-hybridized carbons (Fsp3) is 0.478. The molecule has 3 rings (SSSR count). The molecule has 1 aliphatic rings. The van der Waals surface area contributed by atoms with Crippen LogP contribution < -0.4 is 5.32 Å². The van der Waals surface area contributed by atoms with E-state index < -0.39 is 0 Å². The van der Waals surface area contributed by atoms with Crippen molar-refractivity contribution in [3.8, 4) is 0 Å². The number of hydrogen-bond acceptors (Lipinski definition) is 3. The highest BCUT2D eigenvalue weighted by Crippen LogP contribution is 2.30. The fourth-order valence-corrected chi connectivity index (χ4v) is 3.76. The van der Waals surface area contributed by atoms with Crippen LogP contribution in [0, 0.1) is 5.41 Å². The van der Waals surface area contributed by atoms with E-state index in [0.717, 1.165) is 37.9 Å². The first kappa shape index (κ1) is 19.6. The third kappa shape index (κ3) is 5.64. The molecule has 0 aliphatic carbocycles. The first-order valence-corrected chi connectivity index (χ1v) is 9.93. The average Bonchev–Trinajstić information content (AvgIpc) is 2.68. The van der Waals surface area contributed by atoms with Gasteiger partial charge in [0.05, 0.1) is 0 Å². The van der Waals surface area contributed by atoms with Gasteiger partial charge in [-0.25, -0.2) is 0 Å². The molecule has 4 nitrogen and oxygen atoms in total. The Labute approximate surface area is 163 Å². The Balaban J connectivity index is 1.60. The first-order valence-electron chi connectivity index (χ1n) is 9.93. The summed E-state index contributed by atoms with van der Waals surface area (Å²) in [5.41, 5.74) is 2.26. The molecule has 0 bridgehead atoms. The van der Waals surface area contributed by atoms with Gasteiger partial charge in [0.2, 0.25) is 0 Å². The Bertz CT molecular complexity index is 716. The van der Waals surface area contributed by atoms with Gasteiger partial charge in [-0.2, -0.15) is 0 Å². The zero-order chi connectivity index (χ0) is 19.3. The monoisotopic (exact) mass is 365 g/mol. The Hall–Kier alpha value is -2.20. The highest BCUT2D eigenvalue weighted by atomic mass is 16.2. The van der Waals surface area contributed by atoms with Crippen LogP contribution in [-0.4, -0.2) is 34.9 Å². The minimum Gasteiger partial charge on any atom is -0.339 e. The summed E-state index contributed by atoms with van der Waals surface area (Å²) in [5, 5.41) is 3.85. The maximum Gasteiger partial charge on any atom is 0.253 e. The summed E-state index contributed by atoms with van der Waals surface area (Å²) in [6, 6.07) is 14.5. The lowest BCUT2D eigenvalue weighted by molar-refractivity contribution is 0.0699. The third-order valence-electron chi connectivity index (χ3n) is 5.14. The lowest BCUT2D eigenvalue weighted by Gasteiger charge is -2.36. The van der Waals surface area contributed by atoms with E-state index in [9.17, 15) is 4.79 Å². The molecule has 1 aromatic heterocycles. The minimum absolute atomic E-state index is 0.146. The molecule has 1 N–H and O–H groups in total. The number of carbonyl (C=O) groups is 1. The number of piperidine rings is 1. The van der Waals surface area contributed by atoms with Crippen LogP contribution >= 0.6 is 0 Å². The van der Waals surface area contributed by atoms with Gasteiger partial charge in [0.25, 0.3) is 5.91 Å². The summed E-state index contributed by atoms with van der Waals surface area (Å²) in [6.07, 6.45) is 6.82. The summed E-state index contributed by atoms with van der Waals surface area (Å²) in [5.74, 6) is 0.146. The van der Waals surface area contributed by atoms with Crippen molar-refractivity contribution in [1.29, 1.82) is 0 Å². The Kier molecular flexibility index (Phi) is 6.27. The molecule has 1 aliphatic heterocycles. The maximum atomic E-state index is 12.6. The number of nitrogens with zero attached hydrogens (tertiary/aromatic N) is 2. The predicted molar refractivity (Wildman–Crippen MR) is 110 cm³/mol. The molecule has 27 heavy (non-hydrogen) atoms.